The Morgan fingerprint density at radius 2 is 1.78 bits per heavy atom. The van der Waals surface area contributed by atoms with Crippen molar-refractivity contribution in [3.8, 4) is 5.95 Å². The van der Waals surface area contributed by atoms with E-state index in [2.05, 4.69) is 10.1 Å². The van der Waals surface area contributed by atoms with E-state index in [4.69, 9.17) is 4.74 Å². The molecule has 9 heteroatoms. The van der Waals surface area contributed by atoms with Crippen LogP contribution in [-0.2, 0) is 24.9 Å². The van der Waals surface area contributed by atoms with E-state index in [-0.39, 0.29) is 12.1 Å². The summed E-state index contributed by atoms with van der Waals surface area (Å²) in [6, 6.07) is 7.97. The summed E-state index contributed by atoms with van der Waals surface area (Å²) in [5.41, 5.74) is 4.68. The second-order valence-electron chi connectivity index (χ2n) is 8.23. The van der Waals surface area contributed by atoms with E-state index < -0.39 is 5.69 Å². The van der Waals surface area contributed by atoms with Crippen LogP contribution in [0.5, 0.6) is 0 Å². The third kappa shape index (κ3) is 3.58. The zero-order valence-electron chi connectivity index (χ0n) is 19.3. The van der Waals surface area contributed by atoms with Crippen LogP contribution in [0.1, 0.15) is 28.1 Å². The van der Waals surface area contributed by atoms with Gasteiger partial charge in [0.05, 0.1) is 18.8 Å². The van der Waals surface area contributed by atoms with Gasteiger partial charge in [0.15, 0.2) is 11.2 Å². The lowest BCUT2D eigenvalue weighted by molar-refractivity contribution is 0.188. The average molecular weight is 437 g/mol. The van der Waals surface area contributed by atoms with E-state index >= 15 is 0 Å². The van der Waals surface area contributed by atoms with Gasteiger partial charge in [-0.3, -0.25) is 13.9 Å². The number of hydrogen-bond donors (Lipinski definition) is 0. The second kappa shape index (κ2) is 8.23. The molecule has 0 atom stereocenters. The zero-order valence-corrected chi connectivity index (χ0v) is 19.3. The van der Waals surface area contributed by atoms with E-state index in [0.717, 1.165) is 28.1 Å². The molecule has 1 aromatic carbocycles. The molecule has 0 unspecified atom stereocenters. The summed E-state index contributed by atoms with van der Waals surface area (Å²) in [5.74, 6) is 0.485. The molecule has 4 rings (SSSR count). The number of nitrogens with zero attached hydrogens (tertiary/aromatic N) is 6. The van der Waals surface area contributed by atoms with Crippen LogP contribution in [-0.4, -0.2) is 42.2 Å². The molecule has 3 aromatic heterocycles. The predicted octanol–water partition coefficient (Wildman–Crippen LogP) is 2.01. The molecule has 0 saturated heterocycles. The van der Waals surface area contributed by atoms with Crippen molar-refractivity contribution in [2.45, 2.75) is 40.8 Å². The fourth-order valence-electron chi connectivity index (χ4n) is 4.03. The minimum Gasteiger partial charge on any atom is -0.383 e. The summed E-state index contributed by atoms with van der Waals surface area (Å²) in [6.07, 6.45) is 0. The maximum Gasteiger partial charge on any atom is 0.332 e. The SMILES string of the molecule is COCCn1c(-n2nc(C)cc2C)nc2c1c(=O)n(Cc1cc(C)ccc1C)c(=O)n2C. The molecular formula is C23H28N6O3. The topological polar surface area (TPSA) is 88.9 Å². The Morgan fingerprint density at radius 1 is 1.03 bits per heavy atom. The number of ether oxygens (including phenoxy) is 1. The van der Waals surface area contributed by atoms with Crippen molar-refractivity contribution >= 4 is 11.2 Å². The van der Waals surface area contributed by atoms with Gasteiger partial charge < -0.3 is 9.30 Å². The van der Waals surface area contributed by atoms with Gasteiger partial charge in [0.25, 0.3) is 5.56 Å². The van der Waals surface area contributed by atoms with Crippen molar-refractivity contribution in [3.63, 3.8) is 0 Å². The number of hydrogen-bond acceptors (Lipinski definition) is 5. The minimum atomic E-state index is -0.403. The number of methoxy groups -OCH3 is 1. The molecule has 168 valence electrons. The van der Waals surface area contributed by atoms with Crippen molar-refractivity contribution in [1.29, 1.82) is 0 Å². The van der Waals surface area contributed by atoms with Crippen LogP contribution in [0.15, 0.2) is 33.9 Å². The Balaban J connectivity index is 2.01. The first-order chi connectivity index (χ1) is 15.2. The van der Waals surface area contributed by atoms with Gasteiger partial charge >= 0.3 is 5.69 Å². The van der Waals surface area contributed by atoms with E-state index in [9.17, 15) is 9.59 Å². The molecule has 3 heterocycles. The molecule has 0 aliphatic carbocycles. The molecule has 0 aliphatic rings. The van der Waals surface area contributed by atoms with Crippen LogP contribution in [0.2, 0.25) is 0 Å². The van der Waals surface area contributed by atoms with Crippen LogP contribution in [0.25, 0.3) is 17.1 Å². The normalized spacial score (nSPS) is 11.6. The van der Waals surface area contributed by atoms with Gasteiger partial charge in [-0.25, -0.2) is 9.48 Å². The van der Waals surface area contributed by atoms with Crippen molar-refractivity contribution in [3.05, 3.63) is 73.2 Å². The molecule has 0 fully saturated rings. The summed E-state index contributed by atoms with van der Waals surface area (Å²) in [7, 11) is 3.25. The molecular weight excluding hydrogens is 408 g/mol. The Labute approximate surface area is 185 Å². The van der Waals surface area contributed by atoms with Crippen molar-refractivity contribution in [2.75, 3.05) is 13.7 Å². The van der Waals surface area contributed by atoms with Crippen molar-refractivity contribution in [1.82, 2.24) is 28.5 Å². The van der Waals surface area contributed by atoms with Crippen LogP contribution in [0.3, 0.4) is 0 Å². The summed E-state index contributed by atoms with van der Waals surface area (Å²) in [5, 5.41) is 4.53. The summed E-state index contributed by atoms with van der Waals surface area (Å²) in [4.78, 5) is 31.5. The number of imidazole rings is 1. The number of benzene rings is 1. The average Bonchev–Trinajstić information content (AvgIpc) is 3.29. The first kappa shape index (κ1) is 21.8. The molecule has 0 N–H and O–H groups in total. The maximum absolute atomic E-state index is 13.6. The molecule has 32 heavy (non-hydrogen) atoms. The van der Waals surface area contributed by atoms with Crippen molar-refractivity contribution in [2.24, 2.45) is 7.05 Å². The first-order valence-electron chi connectivity index (χ1n) is 10.5. The van der Waals surface area contributed by atoms with Gasteiger partial charge in [-0.15, -0.1) is 0 Å². The Morgan fingerprint density at radius 3 is 2.44 bits per heavy atom. The fourth-order valence-corrected chi connectivity index (χ4v) is 4.03. The third-order valence-electron chi connectivity index (χ3n) is 5.76. The zero-order chi connectivity index (χ0) is 23.2. The Bertz CT molecular complexity index is 1440. The van der Waals surface area contributed by atoms with Gasteiger partial charge in [0.2, 0.25) is 5.95 Å². The standard InChI is InChI=1S/C23H28N6O3/c1-14-7-8-15(2)18(11-14)13-28-21(30)19-20(26(5)23(28)31)24-22(27(19)9-10-32-6)29-17(4)12-16(3)25-29/h7-8,11-12H,9-10,13H2,1-6H3. The van der Waals surface area contributed by atoms with Crippen LogP contribution in [0.4, 0.5) is 0 Å². The van der Waals surface area contributed by atoms with E-state index in [1.165, 1.54) is 9.13 Å². The van der Waals surface area contributed by atoms with Crippen LogP contribution in [0, 0.1) is 27.7 Å². The highest BCUT2D eigenvalue weighted by atomic mass is 16.5. The largest absolute Gasteiger partial charge is 0.383 e. The molecule has 0 saturated carbocycles. The van der Waals surface area contributed by atoms with Crippen LogP contribution < -0.4 is 11.2 Å². The molecule has 0 amide bonds. The molecule has 0 bridgehead atoms. The van der Waals surface area contributed by atoms with Gasteiger partial charge in [-0.1, -0.05) is 23.8 Å². The molecule has 9 nitrogen and oxygen atoms in total. The number of rotatable bonds is 6. The lowest BCUT2D eigenvalue weighted by Gasteiger charge is -2.12. The summed E-state index contributed by atoms with van der Waals surface area (Å²) >= 11 is 0. The fraction of sp³-hybridized carbons (Fsp3) is 0.391. The quantitative estimate of drug-likeness (QED) is 0.461. The first-order valence-corrected chi connectivity index (χ1v) is 10.5. The highest BCUT2D eigenvalue weighted by Gasteiger charge is 2.22. The Kier molecular flexibility index (Phi) is 5.60. The minimum absolute atomic E-state index is 0.194. The maximum atomic E-state index is 13.6. The highest BCUT2D eigenvalue weighted by Crippen LogP contribution is 2.18. The Hall–Kier alpha value is -3.46. The predicted molar refractivity (Wildman–Crippen MR) is 123 cm³/mol. The van der Waals surface area contributed by atoms with E-state index in [0.29, 0.717) is 30.3 Å². The smallest absolute Gasteiger partial charge is 0.332 e. The van der Waals surface area contributed by atoms with Gasteiger partial charge in [-0.05, 0) is 44.9 Å². The number of aryl methyl sites for hydroxylation is 5. The van der Waals surface area contributed by atoms with Crippen molar-refractivity contribution < 1.29 is 4.74 Å². The third-order valence-corrected chi connectivity index (χ3v) is 5.76. The van der Waals surface area contributed by atoms with E-state index in [1.54, 1.807) is 23.4 Å². The highest BCUT2D eigenvalue weighted by molar-refractivity contribution is 5.72. The monoisotopic (exact) mass is 436 g/mol. The van der Waals surface area contributed by atoms with Crippen LogP contribution >= 0.6 is 0 Å². The lowest BCUT2D eigenvalue weighted by Crippen LogP contribution is -2.40. The number of fused-ring (bicyclic) bond motifs is 1. The van der Waals surface area contributed by atoms with Gasteiger partial charge in [-0.2, -0.15) is 10.1 Å². The molecule has 0 spiro atoms. The van der Waals surface area contributed by atoms with E-state index in [1.807, 2.05) is 52.0 Å². The van der Waals surface area contributed by atoms with Gasteiger partial charge in [0, 0.05) is 26.4 Å². The molecule has 0 radical (unpaired) electrons. The summed E-state index contributed by atoms with van der Waals surface area (Å²) in [6.45, 7) is 8.78. The molecule has 4 aromatic rings. The lowest BCUT2D eigenvalue weighted by atomic mass is 10.1. The second-order valence-corrected chi connectivity index (χ2v) is 8.23. The summed E-state index contributed by atoms with van der Waals surface area (Å²) < 4.78 is 11.5. The van der Waals surface area contributed by atoms with Gasteiger partial charge in [0.1, 0.15) is 0 Å². The number of aromatic nitrogens is 6. The molecule has 0 aliphatic heterocycles.